The van der Waals surface area contributed by atoms with E-state index in [9.17, 15) is 4.79 Å². The van der Waals surface area contributed by atoms with Crippen LogP contribution in [-0.4, -0.2) is 39.7 Å². The number of carbonyl (C=O) groups excluding carboxylic acids is 1. The number of nitrogens with zero attached hydrogens (tertiary/aromatic N) is 3. The Morgan fingerprint density at radius 2 is 2.15 bits per heavy atom. The highest BCUT2D eigenvalue weighted by molar-refractivity contribution is 5.68. The molecule has 1 aromatic rings. The van der Waals surface area contributed by atoms with Gasteiger partial charge >= 0.3 is 6.09 Å². The first-order valence-electron chi connectivity index (χ1n) is 6.68. The Morgan fingerprint density at radius 1 is 1.45 bits per heavy atom. The molecule has 1 unspecified atom stereocenters. The Kier molecular flexibility index (Phi) is 5.67. The minimum absolute atomic E-state index is 0.0535. The van der Waals surface area contributed by atoms with Gasteiger partial charge in [0.1, 0.15) is 5.60 Å². The van der Waals surface area contributed by atoms with Crippen molar-refractivity contribution in [2.45, 2.75) is 45.8 Å². The Morgan fingerprint density at radius 3 is 2.70 bits per heavy atom. The Balaban J connectivity index is 2.48. The van der Waals surface area contributed by atoms with Gasteiger partial charge in [-0.25, -0.2) is 4.79 Å². The van der Waals surface area contributed by atoms with Crippen molar-refractivity contribution in [1.82, 2.24) is 14.9 Å². The van der Waals surface area contributed by atoms with Gasteiger partial charge in [0.15, 0.2) is 0 Å². The summed E-state index contributed by atoms with van der Waals surface area (Å²) in [5.74, 6) is 0. The van der Waals surface area contributed by atoms with Crippen molar-refractivity contribution in [3.63, 3.8) is 0 Å². The van der Waals surface area contributed by atoms with E-state index in [4.69, 9.17) is 4.74 Å². The first-order chi connectivity index (χ1) is 9.29. The fourth-order valence-corrected chi connectivity index (χ4v) is 1.45. The van der Waals surface area contributed by atoms with Crippen LogP contribution < -0.4 is 0 Å². The van der Waals surface area contributed by atoms with Crippen LogP contribution in [-0.2, 0) is 4.74 Å². The normalized spacial score (nSPS) is 13.2. The van der Waals surface area contributed by atoms with E-state index in [2.05, 4.69) is 9.97 Å². The summed E-state index contributed by atoms with van der Waals surface area (Å²) in [5, 5.41) is 0. The summed E-state index contributed by atoms with van der Waals surface area (Å²) in [6, 6.07) is 0.0535. The molecule has 0 saturated carbocycles. The lowest BCUT2D eigenvalue weighted by molar-refractivity contribution is 0.0238. The highest BCUT2D eigenvalue weighted by Gasteiger charge is 2.22. The summed E-state index contributed by atoms with van der Waals surface area (Å²) in [4.78, 5) is 21.6. The molecule has 1 atom stereocenters. The van der Waals surface area contributed by atoms with Gasteiger partial charge in [-0.2, -0.15) is 0 Å². The molecule has 0 N–H and O–H groups in total. The van der Waals surface area contributed by atoms with Gasteiger partial charge in [-0.05, 0) is 40.2 Å². The smallest absolute Gasteiger partial charge is 0.410 e. The molecule has 20 heavy (non-hydrogen) atoms. The number of rotatable bonds is 4. The SMILES string of the molecule is CC(C/C=C/c1cnccn1)N(C)C(=O)OC(C)(C)C. The van der Waals surface area contributed by atoms with Gasteiger partial charge in [-0.15, -0.1) is 0 Å². The van der Waals surface area contributed by atoms with Crippen molar-refractivity contribution in [1.29, 1.82) is 0 Å². The van der Waals surface area contributed by atoms with Gasteiger partial charge in [0.2, 0.25) is 0 Å². The third-order valence-electron chi connectivity index (χ3n) is 2.69. The van der Waals surface area contributed by atoms with Crippen LogP contribution in [0.5, 0.6) is 0 Å². The molecule has 1 rings (SSSR count). The molecule has 5 nitrogen and oxygen atoms in total. The van der Waals surface area contributed by atoms with Crippen LogP contribution in [0.4, 0.5) is 4.79 Å². The minimum atomic E-state index is -0.472. The second-order valence-corrected chi connectivity index (χ2v) is 5.71. The van der Waals surface area contributed by atoms with E-state index in [1.807, 2.05) is 39.8 Å². The summed E-state index contributed by atoms with van der Waals surface area (Å²) >= 11 is 0. The molecule has 1 amide bonds. The van der Waals surface area contributed by atoms with Crippen molar-refractivity contribution in [3.8, 4) is 0 Å². The Hall–Kier alpha value is -1.91. The lowest BCUT2D eigenvalue weighted by Gasteiger charge is -2.28. The average Bonchev–Trinajstić information content (AvgIpc) is 2.37. The summed E-state index contributed by atoms with van der Waals surface area (Å²) in [5.41, 5.74) is 0.334. The van der Waals surface area contributed by atoms with Crippen LogP contribution in [0.1, 0.15) is 39.8 Å². The van der Waals surface area contributed by atoms with Crippen LogP contribution in [0.3, 0.4) is 0 Å². The number of hydrogen-bond acceptors (Lipinski definition) is 4. The molecule has 5 heteroatoms. The van der Waals surface area contributed by atoms with Crippen LogP contribution >= 0.6 is 0 Å². The van der Waals surface area contributed by atoms with Crippen LogP contribution in [0.2, 0.25) is 0 Å². The van der Waals surface area contributed by atoms with Crippen molar-refractivity contribution in [2.75, 3.05) is 7.05 Å². The van der Waals surface area contributed by atoms with Gasteiger partial charge < -0.3 is 9.64 Å². The van der Waals surface area contributed by atoms with Crippen molar-refractivity contribution in [2.24, 2.45) is 0 Å². The van der Waals surface area contributed by atoms with Crippen molar-refractivity contribution in [3.05, 3.63) is 30.4 Å². The minimum Gasteiger partial charge on any atom is -0.444 e. The lowest BCUT2D eigenvalue weighted by atomic mass is 10.2. The first-order valence-corrected chi connectivity index (χ1v) is 6.68. The third-order valence-corrected chi connectivity index (χ3v) is 2.69. The molecular weight excluding hydrogens is 254 g/mol. The number of amides is 1. The molecule has 1 aromatic heterocycles. The molecule has 1 heterocycles. The maximum Gasteiger partial charge on any atom is 0.410 e. The van der Waals surface area contributed by atoms with E-state index >= 15 is 0 Å². The average molecular weight is 277 g/mol. The second-order valence-electron chi connectivity index (χ2n) is 5.71. The van der Waals surface area contributed by atoms with E-state index in [1.54, 1.807) is 30.5 Å². The fourth-order valence-electron chi connectivity index (χ4n) is 1.45. The lowest BCUT2D eigenvalue weighted by Crippen LogP contribution is -2.39. The van der Waals surface area contributed by atoms with Gasteiger partial charge in [-0.1, -0.05) is 6.08 Å². The van der Waals surface area contributed by atoms with E-state index in [0.717, 1.165) is 12.1 Å². The molecule has 0 aliphatic carbocycles. The molecule has 0 aliphatic rings. The summed E-state index contributed by atoms with van der Waals surface area (Å²) in [7, 11) is 1.74. The van der Waals surface area contributed by atoms with E-state index in [1.165, 1.54) is 0 Å². The third kappa shape index (κ3) is 5.82. The van der Waals surface area contributed by atoms with Crippen molar-refractivity contribution >= 4 is 12.2 Å². The number of aromatic nitrogens is 2. The molecule has 0 radical (unpaired) electrons. The summed E-state index contributed by atoms with van der Waals surface area (Å²) < 4.78 is 5.33. The monoisotopic (exact) mass is 277 g/mol. The Labute approximate surface area is 120 Å². The topological polar surface area (TPSA) is 55.3 Å². The van der Waals surface area contributed by atoms with Gasteiger partial charge in [-0.3, -0.25) is 9.97 Å². The molecule has 0 aliphatic heterocycles. The summed E-state index contributed by atoms with van der Waals surface area (Å²) in [6.07, 6.45) is 9.28. The number of hydrogen-bond donors (Lipinski definition) is 0. The molecule has 0 spiro atoms. The molecule has 0 aromatic carbocycles. The van der Waals surface area contributed by atoms with Crippen molar-refractivity contribution < 1.29 is 9.53 Å². The van der Waals surface area contributed by atoms with E-state index in [-0.39, 0.29) is 12.1 Å². The molecule has 110 valence electrons. The Bertz CT molecular complexity index is 452. The summed E-state index contributed by atoms with van der Waals surface area (Å²) in [6.45, 7) is 7.55. The predicted molar refractivity (Wildman–Crippen MR) is 79.1 cm³/mol. The zero-order valence-electron chi connectivity index (χ0n) is 12.8. The molecule has 0 bridgehead atoms. The number of carbonyl (C=O) groups is 1. The fraction of sp³-hybridized carbons (Fsp3) is 0.533. The molecule has 0 fully saturated rings. The van der Waals surface area contributed by atoms with Gasteiger partial charge in [0.25, 0.3) is 0 Å². The first kappa shape index (κ1) is 16.1. The van der Waals surface area contributed by atoms with Gasteiger partial charge in [0, 0.05) is 25.5 Å². The standard InChI is InChI=1S/C15H23N3O2/c1-12(18(5)14(19)20-15(2,3)4)7-6-8-13-11-16-9-10-17-13/h6,8-12H,7H2,1-5H3/b8-6+. The second kappa shape index (κ2) is 7.03. The zero-order valence-corrected chi connectivity index (χ0v) is 12.8. The van der Waals surface area contributed by atoms with Crippen LogP contribution in [0, 0.1) is 0 Å². The highest BCUT2D eigenvalue weighted by Crippen LogP contribution is 2.12. The maximum atomic E-state index is 11.9. The highest BCUT2D eigenvalue weighted by atomic mass is 16.6. The zero-order chi connectivity index (χ0) is 15.2. The van der Waals surface area contributed by atoms with Gasteiger partial charge in [0.05, 0.1) is 11.9 Å². The van der Waals surface area contributed by atoms with Crippen LogP contribution in [0.15, 0.2) is 24.7 Å². The number of ether oxygens (including phenoxy) is 1. The van der Waals surface area contributed by atoms with E-state index < -0.39 is 5.60 Å². The predicted octanol–water partition coefficient (Wildman–Crippen LogP) is 3.14. The van der Waals surface area contributed by atoms with E-state index in [0.29, 0.717) is 0 Å². The van der Waals surface area contributed by atoms with Crippen LogP contribution in [0.25, 0.3) is 6.08 Å². The largest absolute Gasteiger partial charge is 0.444 e. The molecular formula is C15H23N3O2. The molecule has 0 saturated heterocycles. The maximum absolute atomic E-state index is 11.9. The quantitative estimate of drug-likeness (QED) is 0.848.